The smallest absolute Gasteiger partial charge is 0.270 e. The Labute approximate surface area is 215 Å². The van der Waals surface area contributed by atoms with Crippen LogP contribution in [0, 0.1) is 18.3 Å². The molecule has 7 nitrogen and oxygen atoms in total. The van der Waals surface area contributed by atoms with Crippen molar-refractivity contribution in [1.82, 2.24) is 9.47 Å². The molecule has 0 radical (unpaired) electrons. The molecule has 1 aliphatic heterocycles. The van der Waals surface area contributed by atoms with Crippen molar-refractivity contribution < 1.29 is 9.53 Å². The average Bonchev–Trinajstić information content (AvgIpc) is 3.12. The molecule has 2 heterocycles. The van der Waals surface area contributed by atoms with Crippen LogP contribution in [0.3, 0.4) is 0 Å². The number of nitrogens with one attached hydrogen (secondary N) is 1. The number of thiocarbonyl (C=S) groups is 1. The Kier molecular flexibility index (Phi) is 9.66. The highest BCUT2D eigenvalue weighted by Crippen LogP contribution is 2.35. The molecule has 35 heavy (non-hydrogen) atoms. The molecule has 1 aliphatic rings. The molecule has 1 aromatic heterocycles. The van der Waals surface area contributed by atoms with Gasteiger partial charge in [0.1, 0.15) is 21.8 Å². The maximum Gasteiger partial charge on any atom is 0.270 e. The molecule has 0 unspecified atom stereocenters. The zero-order valence-corrected chi connectivity index (χ0v) is 21.9. The van der Waals surface area contributed by atoms with Gasteiger partial charge in [-0.2, -0.15) is 5.26 Å². The van der Waals surface area contributed by atoms with Gasteiger partial charge in [-0.3, -0.25) is 19.1 Å². The minimum absolute atomic E-state index is 0.0934. The van der Waals surface area contributed by atoms with Gasteiger partial charge >= 0.3 is 0 Å². The first-order valence-corrected chi connectivity index (χ1v) is 12.8. The summed E-state index contributed by atoms with van der Waals surface area (Å²) < 4.78 is 7.21. The molecule has 1 fully saturated rings. The number of amides is 1. The van der Waals surface area contributed by atoms with Gasteiger partial charge in [-0.05, 0) is 37.0 Å². The summed E-state index contributed by atoms with van der Waals surface area (Å²) in [5.74, 6) is 0.426. The average molecular weight is 511 g/mol. The Bertz CT molecular complexity index is 1220. The van der Waals surface area contributed by atoms with E-state index < -0.39 is 0 Å². The number of benzene rings is 1. The van der Waals surface area contributed by atoms with Crippen LogP contribution in [0.2, 0.25) is 0 Å². The topological polar surface area (TPSA) is 87.4 Å². The Morgan fingerprint density at radius 2 is 1.97 bits per heavy atom. The van der Waals surface area contributed by atoms with Gasteiger partial charge in [0, 0.05) is 25.8 Å². The van der Waals surface area contributed by atoms with E-state index >= 15 is 0 Å². The molecule has 184 valence electrons. The van der Waals surface area contributed by atoms with Gasteiger partial charge in [0.25, 0.3) is 11.5 Å². The summed E-state index contributed by atoms with van der Waals surface area (Å²) in [6.45, 7) is 5.64. The van der Waals surface area contributed by atoms with Gasteiger partial charge in [-0.25, -0.2) is 0 Å². The predicted molar refractivity (Wildman–Crippen MR) is 145 cm³/mol. The Morgan fingerprint density at radius 3 is 2.63 bits per heavy atom. The fraction of sp³-hybridized carbons (Fsp3) is 0.385. The summed E-state index contributed by atoms with van der Waals surface area (Å²) in [5, 5.41) is 13.2. The molecule has 2 aromatic rings. The number of pyridine rings is 1. The number of nitrogens with zero attached hydrogens (tertiary/aromatic N) is 3. The van der Waals surface area contributed by atoms with E-state index in [1.165, 1.54) is 22.2 Å². The van der Waals surface area contributed by atoms with Crippen LogP contribution < -0.4 is 10.9 Å². The fourth-order valence-electron chi connectivity index (χ4n) is 3.86. The van der Waals surface area contributed by atoms with Crippen molar-refractivity contribution >= 4 is 46.1 Å². The number of nitriles is 1. The first-order valence-electron chi connectivity index (χ1n) is 11.6. The van der Waals surface area contributed by atoms with E-state index in [1.54, 1.807) is 24.7 Å². The Morgan fingerprint density at radius 1 is 1.23 bits per heavy atom. The summed E-state index contributed by atoms with van der Waals surface area (Å²) >= 11 is 6.64. The fourth-order valence-corrected chi connectivity index (χ4v) is 5.15. The highest BCUT2D eigenvalue weighted by Gasteiger charge is 2.32. The van der Waals surface area contributed by atoms with E-state index in [9.17, 15) is 14.9 Å². The molecule has 1 saturated heterocycles. The number of hydrogen-bond acceptors (Lipinski definition) is 7. The molecule has 9 heteroatoms. The lowest BCUT2D eigenvalue weighted by molar-refractivity contribution is -0.122. The molecule has 1 amide bonds. The number of hydrogen-bond donors (Lipinski definition) is 1. The maximum atomic E-state index is 13.2. The van der Waals surface area contributed by atoms with Gasteiger partial charge in [0.15, 0.2) is 0 Å². The number of ether oxygens (including phenoxy) is 1. The summed E-state index contributed by atoms with van der Waals surface area (Å²) in [6, 6.07) is 12.2. The maximum absolute atomic E-state index is 13.2. The lowest BCUT2D eigenvalue weighted by Crippen LogP contribution is -2.31. The molecular weight excluding hydrogens is 480 g/mol. The minimum Gasteiger partial charge on any atom is -0.383 e. The summed E-state index contributed by atoms with van der Waals surface area (Å²) in [6.07, 6.45) is 4.22. The largest absolute Gasteiger partial charge is 0.383 e. The Balaban J connectivity index is 2.06. The van der Waals surface area contributed by atoms with Gasteiger partial charge in [0.2, 0.25) is 0 Å². The van der Waals surface area contributed by atoms with E-state index in [2.05, 4.69) is 30.4 Å². The van der Waals surface area contributed by atoms with Crippen LogP contribution >= 0.6 is 24.0 Å². The number of anilines is 1. The lowest BCUT2D eigenvalue weighted by Gasteiger charge is -2.20. The third-order valence-corrected chi connectivity index (χ3v) is 7.20. The first-order chi connectivity index (χ1) is 16.9. The second-order valence-corrected chi connectivity index (χ2v) is 9.85. The summed E-state index contributed by atoms with van der Waals surface area (Å²) in [5.41, 5.74) is 2.17. The van der Waals surface area contributed by atoms with E-state index in [0.29, 0.717) is 52.4 Å². The number of aromatic nitrogens is 1. The van der Waals surface area contributed by atoms with Crippen molar-refractivity contribution in [3.05, 3.63) is 67.8 Å². The third kappa shape index (κ3) is 6.20. The van der Waals surface area contributed by atoms with Gasteiger partial charge < -0.3 is 10.1 Å². The van der Waals surface area contributed by atoms with Crippen LogP contribution in [0.25, 0.3) is 6.08 Å². The quantitative estimate of drug-likeness (QED) is 0.356. The van der Waals surface area contributed by atoms with Crippen LogP contribution in [-0.4, -0.2) is 46.5 Å². The van der Waals surface area contributed by atoms with Crippen LogP contribution in [-0.2, 0) is 22.5 Å². The third-order valence-electron chi connectivity index (χ3n) is 5.83. The molecule has 3 rings (SSSR count). The molecule has 0 atom stereocenters. The lowest BCUT2D eigenvalue weighted by atomic mass is 10.0. The molecule has 0 saturated carbocycles. The van der Waals surface area contributed by atoms with E-state index in [1.807, 2.05) is 18.2 Å². The number of unbranched alkanes of at least 4 members (excludes halogenated alkanes) is 1. The molecule has 0 bridgehead atoms. The summed E-state index contributed by atoms with van der Waals surface area (Å²) in [7, 11) is 1.58. The van der Waals surface area contributed by atoms with Crippen LogP contribution in [0.15, 0.2) is 40.0 Å². The van der Waals surface area contributed by atoms with Crippen molar-refractivity contribution in [3.8, 4) is 6.07 Å². The van der Waals surface area contributed by atoms with Crippen molar-refractivity contribution in [1.29, 1.82) is 5.26 Å². The van der Waals surface area contributed by atoms with E-state index in [4.69, 9.17) is 17.0 Å². The molecule has 0 aliphatic carbocycles. The standard InChI is InChI=1S/C26H30N4O3S2/c1-4-5-13-29-23(28-12-11-19-9-7-6-8-10-19)20(18(2)21(17-27)24(29)31)16-22-25(32)30(14-15-33-3)26(34)35-22/h6-10,16,28H,4-5,11-15H2,1-3H3/b22-16+. The van der Waals surface area contributed by atoms with E-state index in [-0.39, 0.29) is 17.0 Å². The number of carbonyl (C=O) groups is 1. The summed E-state index contributed by atoms with van der Waals surface area (Å²) in [4.78, 5) is 28.3. The predicted octanol–water partition coefficient (Wildman–Crippen LogP) is 4.33. The van der Waals surface area contributed by atoms with Crippen LogP contribution in [0.4, 0.5) is 5.82 Å². The van der Waals surface area contributed by atoms with Gasteiger partial charge in [0.05, 0.1) is 18.1 Å². The monoisotopic (exact) mass is 510 g/mol. The van der Waals surface area contributed by atoms with Crippen molar-refractivity contribution in [2.75, 3.05) is 32.1 Å². The molecule has 1 aromatic carbocycles. The zero-order chi connectivity index (χ0) is 25.4. The number of methoxy groups -OCH3 is 1. The van der Waals surface area contributed by atoms with Crippen LogP contribution in [0.1, 0.15) is 42.0 Å². The minimum atomic E-state index is -0.314. The normalized spacial score (nSPS) is 14.6. The van der Waals surface area contributed by atoms with Crippen molar-refractivity contribution in [3.63, 3.8) is 0 Å². The highest BCUT2D eigenvalue weighted by molar-refractivity contribution is 8.26. The second-order valence-electron chi connectivity index (χ2n) is 8.17. The Hall–Kier alpha value is -2.93. The second kappa shape index (κ2) is 12.7. The van der Waals surface area contributed by atoms with Gasteiger partial charge in [-0.15, -0.1) is 0 Å². The molecular formula is C26H30N4O3S2. The number of thioether (sulfide) groups is 1. The highest BCUT2D eigenvalue weighted by atomic mass is 32.2. The van der Waals surface area contributed by atoms with Crippen LogP contribution in [0.5, 0.6) is 0 Å². The van der Waals surface area contributed by atoms with Crippen molar-refractivity contribution in [2.24, 2.45) is 0 Å². The molecule has 1 N–H and O–H groups in total. The molecule has 0 spiro atoms. The number of carbonyl (C=O) groups excluding carboxylic acids is 1. The van der Waals surface area contributed by atoms with Gasteiger partial charge in [-0.1, -0.05) is 67.7 Å². The first kappa shape index (κ1) is 26.7. The van der Waals surface area contributed by atoms with E-state index in [0.717, 1.165) is 19.3 Å². The SMILES string of the molecule is CCCCn1c(NCCc2ccccc2)c(/C=C2/SC(=S)N(CCOC)C2=O)c(C)c(C#N)c1=O. The zero-order valence-electron chi connectivity index (χ0n) is 20.3. The number of rotatable bonds is 11. The van der Waals surface area contributed by atoms with Crippen molar-refractivity contribution in [2.45, 2.75) is 39.7 Å².